The number of hydrogen-bond acceptors (Lipinski definition) is 3. The number of halogens is 3. The summed E-state index contributed by atoms with van der Waals surface area (Å²) in [4.78, 5) is 14.0. The van der Waals surface area contributed by atoms with Crippen molar-refractivity contribution in [3.8, 4) is 5.75 Å². The molecule has 0 bridgehead atoms. The molecule has 0 spiro atoms. The molecule has 1 heterocycles. The van der Waals surface area contributed by atoms with E-state index in [1.165, 1.54) is 0 Å². The van der Waals surface area contributed by atoms with E-state index in [0.717, 1.165) is 32.4 Å². The van der Waals surface area contributed by atoms with Gasteiger partial charge in [-0.05, 0) is 50.3 Å². The van der Waals surface area contributed by atoms with Crippen LogP contribution in [0.4, 0.5) is 0 Å². The molecule has 1 aliphatic rings. The van der Waals surface area contributed by atoms with Crippen LogP contribution in [0, 0.1) is 5.92 Å². The Morgan fingerprint density at radius 1 is 1.29 bits per heavy atom. The molecule has 2 rings (SSSR count). The molecule has 2 N–H and O–H groups in total. The highest BCUT2D eigenvalue weighted by molar-refractivity contribution is 6.34. The zero-order valence-corrected chi connectivity index (χ0v) is 16.2. The fourth-order valence-electron chi connectivity index (χ4n) is 2.68. The minimum Gasteiger partial charge on any atom is -0.493 e. The lowest BCUT2D eigenvalue weighted by molar-refractivity contribution is -0.132. The van der Waals surface area contributed by atoms with E-state index in [2.05, 4.69) is 0 Å². The van der Waals surface area contributed by atoms with Crippen molar-refractivity contribution < 1.29 is 9.53 Å². The molecule has 7 heteroatoms. The highest BCUT2D eigenvalue weighted by Crippen LogP contribution is 2.26. The van der Waals surface area contributed by atoms with E-state index >= 15 is 0 Å². The number of piperidine rings is 1. The fraction of sp³-hybridized carbons (Fsp3) is 0.588. The molecule has 136 valence electrons. The third kappa shape index (κ3) is 7.06. The Morgan fingerprint density at radius 2 is 1.88 bits per heavy atom. The van der Waals surface area contributed by atoms with Crippen LogP contribution in [-0.2, 0) is 4.79 Å². The molecule has 1 aliphatic heterocycles. The molecule has 1 amide bonds. The van der Waals surface area contributed by atoms with Gasteiger partial charge in [-0.15, -0.1) is 12.4 Å². The molecule has 1 saturated heterocycles. The van der Waals surface area contributed by atoms with Gasteiger partial charge in [0.25, 0.3) is 0 Å². The number of likely N-dealkylation sites (tertiary alicyclic amines) is 1. The quantitative estimate of drug-likeness (QED) is 0.787. The average Bonchev–Trinajstić information content (AvgIpc) is 2.50. The van der Waals surface area contributed by atoms with E-state index in [0.29, 0.717) is 34.7 Å². The summed E-state index contributed by atoms with van der Waals surface area (Å²) in [5, 5.41) is 1.14. The molecule has 0 radical (unpaired) electrons. The average molecular weight is 396 g/mol. The number of ether oxygens (including phenoxy) is 1. The highest BCUT2D eigenvalue weighted by Gasteiger charge is 2.23. The number of nitrogens with two attached hydrogens (primary N) is 1. The van der Waals surface area contributed by atoms with Gasteiger partial charge in [-0.1, -0.05) is 23.2 Å². The smallest absolute Gasteiger partial charge is 0.222 e. The Hall–Kier alpha value is -0.680. The molecule has 1 fully saturated rings. The Balaban J connectivity index is 0.00000288. The summed E-state index contributed by atoms with van der Waals surface area (Å²) in [7, 11) is 0. The van der Waals surface area contributed by atoms with E-state index in [1.54, 1.807) is 18.2 Å². The van der Waals surface area contributed by atoms with Crippen LogP contribution in [0.5, 0.6) is 5.75 Å². The van der Waals surface area contributed by atoms with Gasteiger partial charge in [0.05, 0.1) is 6.61 Å². The van der Waals surface area contributed by atoms with Crippen molar-refractivity contribution in [2.75, 3.05) is 19.7 Å². The molecule has 24 heavy (non-hydrogen) atoms. The summed E-state index contributed by atoms with van der Waals surface area (Å²) in [6.07, 6.45) is 3.20. The van der Waals surface area contributed by atoms with Gasteiger partial charge >= 0.3 is 0 Å². The van der Waals surface area contributed by atoms with E-state index in [4.69, 9.17) is 33.7 Å². The van der Waals surface area contributed by atoms with Crippen LogP contribution in [0.3, 0.4) is 0 Å². The Morgan fingerprint density at radius 3 is 2.42 bits per heavy atom. The number of amides is 1. The van der Waals surface area contributed by atoms with E-state index in [9.17, 15) is 4.79 Å². The van der Waals surface area contributed by atoms with Crippen LogP contribution in [0.25, 0.3) is 0 Å². The number of hydrogen-bond donors (Lipinski definition) is 1. The summed E-state index contributed by atoms with van der Waals surface area (Å²) in [6.45, 7) is 4.14. The van der Waals surface area contributed by atoms with Gasteiger partial charge in [-0.3, -0.25) is 4.79 Å². The number of rotatable bonds is 6. The van der Waals surface area contributed by atoms with Gasteiger partial charge in [-0.2, -0.15) is 0 Å². The van der Waals surface area contributed by atoms with Crippen molar-refractivity contribution in [2.24, 2.45) is 11.7 Å². The number of benzene rings is 1. The predicted octanol–water partition coefficient (Wildman–Crippen LogP) is 4.16. The van der Waals surface area contributed by atoms with E-state index in [1.807, 2.05) is 11.8 Å². The van der Waals surface area contributed by atoms with Gasteiger partial charge in [0.2, 0.25) is 5.91 Å². The first-order valence-corrected chi connectivity index (χ1v) is 8.82. The van der Waals surface area contributed by atoms with Crippen LogP contribution in [0.1, 0.15) is 32.6 Å². The number of nitrogens with zero attached hydrogens (tertiary/aromatic N) is 1. The summed E-state index contributed by atoms with van der Waals surface area (Å²) in [5.74, 6) is 1.35. The van der Waals surface area contributed by atoms with Crippen LogP contribution >= 0.6 is 35.6 Å². The molecule has 0 aliphatic carbocycles. The summed E-state index contributed by atoms with van der Waals surface area (Å²) < 4.78 is 5.79. The van der Waals surface area contributed by atoms with E-state index in [-0.39, 0.29) is 24.4 Å². The van der Waals surface area contributed by atoms with Gasteiger partial charge < -0.3 is 15.4 Å². The van der Waals surface area contributed by atoms with Gasteiger partial charge in [-0.25, -0.2) is 0 Å². The minimum atomic E-state index is 0. The SMILES string of the molecule is CC(N)CCC(=O)N1CCC(COc2cc(Cl)cc(Cl)c2)CC1.Cl. The second-order valence-corrected chi connectivity index (χ2v) is 7.13. The second-order valence-electron chi connectivity index (χ2n) is 6.26. The lowest BCUT2D eigenvalue weighted by Crippen LogP contribution is -2.40. The fourth-order valence-corrected chi connectivity index (χ4v) is 3.19. The Bertz CT molecular complexity index is 512. The Kier molecular flexibility index (Phi) is 9.21. The lowest BCUT2D eigenvalue weighted by atomic mass is 9.97. The summed E-state index contributed by atoms with van der Waals surface area (Å²) in [6, 6.07) is 5.29. The maximum atomic E-state index is 12.1. The van der Waals surface area contributed by atoms with Gasteiger partial charge in [0, 0.05) is 35.6 Å². The van der Waals surface area contributed by atoms with Crippen LogP contribution < -0.4 is 10.5 Å². The molecular formula is C17H25Cl3N2O2. The van der Waals surface area contributed by atoms with Crippen molar-refractivity contribution in [2.45, 2.75) is 38.6 Å². The van der Waals surface area contributed by atoms with Crippen LogP contribution in [0.2, 0.25) is 10.0 Å². The number of carbonyl (C=O) groups excluding carboxylic acids is 1. The molecule has 0 aromatic heterocycles. The standard InChI is InChI=1S/C17H24Cl2N2O2.ClH/c1-12(20)2-3-17(22)21-6-4-13(5-7-21)11-23-16-9-14(18)8-15(19)10-16;/h8-10,12-13H,2-7,11,20H2,1H3;1H. The van der Waals surface area contributed by atoms with Crippen LogP contribution in [0.15, 0.2) is 18.2 Å². The monoisotopic (exact) mass is 394 g/mol. The zero-order chi connectivity index (χ0) is 16.8. The largest absolute Gasteiger partial charge is 0.493 e. The number of carbonyl (C=O) groups is 1. The van der Waals surface area contributed by atoms with Crippen molar-refractivity contribution in [3.05, 3.63) is 28.2 Å². The Labute approximate surface area is 160 Å². The minimum absolute atomic E-state index is 0. The summed E-state index contributed by atoms with van der Waals surface area (Å²) in [5.41, 5.74) is 5.70. The van der Waals surface area contributed by atoms with Crippen LogP contribution in [-0.4, -0.2) is 36.5 Å². The summed E-state index contributed by atoms with van der Waals surface area (Å²) >= 11 is 11.9. The van der Waals surface area contributed by atoms with Crippen molar-refractivity contribution in [1.82, 2.24) is 4.90 Å². The molecule has 1 aromatic rings. The molecule has 1 atom stereocenters. The molecule has 1 aromatic carbocycles. The van der Waals surface area contributed by atoms with Crippen molar-refractivity contribution in [3.63, 3.8) is 0 Å². The van der Waals surface area contributed by atoms with E-state index < -0.39 is 0 Å². The first-order chi connectivity index (χ1) is 10.9. The molecule has 0 saturated carbocycles. The molecule has 1 unspecified atom stereocenters. The molecular weight excluding hydrogens is 371 g/mol. The first kappa shape index (κ1) is 21.4. The zero-order valence-electron chi connectivity index (χ0n) is 13.8. The molecule has 4 nitrogen and oxygen atoms in total. The predicted molar refractivity (Wildman–Crippen MR) is 101 cm³/mol. The lowest BCUT2D eigenvalue weighted by Gasteiger charge is -2.32. The normalized spacial score (nSPS) is 16.4. The second kappa shape index (κ2) is 10.3. The highest BCUT2D eigenvalue weighted by atomic mass is 35.5. The third-order valence-corrected chi connectivity index (χ3v) is 4.54. The van der Waals surface area contributed by atoms with Gasteiger partial charge in [0.15, 0.2) is 0 Å². The third-order valence-electron chi connectivity index (χ3n) is 4.10. The van der Waals surface area contributed by atoms with Crippen molar-refractivity contribution in [1.29, 1.82) is 0 Å². The maximum absolute atomic E-state index is 12.1. The maximum Gasteiger partial charge on any atom is 0.222 e. The topological polar surface area (TPSA) is 55.6 Å². The first-order valence-electron chi connectivity index (χ1n) is 8.06. The van der Waals surface area contributed by atoms with Crippen molar-refractivity contribution >= 4 is 41.5 Å². The van der Waals surface area contributed by atoms with Gasteiger partial charge in [0.1, 0.15) is 5.75 Å².